The van der Waals surface area contributed by atoms with Crippen molar-refractivity contribution < 1.29 is 102 Å². The van der Waals surface area contributed by atoms with E-state index >= 15 is 28.8 Å². The molecule has 37 heteroatoms. The standard InChI is InChI=1S/C86H111N15O21S/c1-10-11-25-66-84(120)98(7)46-71(106)90-62(43-74(110)111)80(116)96-75(50(4)5)86(122)99(8)67(41-52-21-16-13-17-22-52)81(117)94-63(40-54-28-32-58(103)33-29-54)82(118)97(6)45-70(105)89-59(34-35-73(108)109)77(113)93-61(38-53-26-30-57(102)31-27-53)79(115)92-60(36-49(2)3)78(114)95-65(76(112)88-44-69(87)104)47-123-48-72(107)91-64(39-51-19-14-12-15-20-51)83(119)100(9)68-42-55-23-18-24-56(37-55)101(66)85(68)121/h12-24,26-33,37,49-50,59-68,75,102-103H,10-11,25,34-36,38-48H2,1-9H3,(H2,87,104)(H,88,112)(H,89,105)(H,90,106)(H,91,107)(H,92,115)(H,93,113)(H,94,117)(H,95,114)(H,96,116)(H,108,109)(H,110,111)/t59-,60-,61-,62?,63-,64-,65-,66-,67-,68-,75-/m0/s1. The molecule has 36 nitrogen and oxygen atoms in total. The number of nitrogens with zero attached hydrogens (tertiary/aromatic N) is 5. The Balaban J connectivity index is 1.31. The molecule has 2 aliphatic rings. The van der Waals surface area contributed by atoms with Gasteiger partial charge < -0.3 is 93.6 Å². The average Bonchev–Trinajstić information content (AvgIpc) is 1.68. The topological polar surface area (TPSA) is 522 Å². The highest BCUT2D eigenvalue weighted by molar-refractivity contribution is 8.00. The molecule has 1 unspecified atom stereocenters. The smallest absolute Gasteiger partial charge is 0.305 e. The molecule has 0 spiro atoms. The second-order valence-corrected chi connectivity index (χ2v) is 32.4. The molecule has 7 rings (SSSR count). The number of hydrogen-bond acceptors (Lipinski definition) is 20. The number of fused-ring (bicyclic) bond motifs is 5. The number of unbranched alkanes of at least 4 members (excludes halogenated alkanes) is 1. The summed E-state index contributed by atoms with van der Waals surface area (Å²) in [6.45, 7) is 5.91. The summed E-state index contributed by atoms with van der Waals surface area (Å²) in [5.74, 6) is -19.7. The van der Waals surface area contributed by atoms with Gasteiger partial charge in [0.25, 0.3) is 5.91 Å². The number of amides is 15. The van der Waals surface area contributed by atoms with E-state index in [1.54, 1.807) is 113 Å². The molecule has 0 radical (unpaired) electrons. The van der Waals surface area contributed by atoms with Crippen molar-refractivity contribution in [3.63, 3.8) is 0 Å². The number of carbonyl (C=O) groups is 17. The van der Waals surface area contributed by atoms with E-state index in [9.17, 15) is 73.2 Å². The Hall–Kier alpha value is -13.0. The summed E-state index contributed by atoms with van der Waals surface area (Å²) >= 11 is 0.802. The van der Waals surface area contributed by atoms with E-state index in [0.29, 0.717) is 40.7 Å². The van der Waals surface area contributed by atoms with Gasteiger partial charge in [0.15, 0.2) is 0 Å². The van der Waals surface area contributed by atoms with Crippen LogP contribution in [0.2, 0.25) is 0 Å². The molecule has 0 aliphatic carbocycles. The maximum atomic E-state index is 15.6. The summed E-state index contributed by atoms with van der Waals surface area (Å²) in [5.41, 5.74) is 7.98. The van der Waals surface area contributed by atoms with Gasteiger partial charge in [0, 0.05) is 78.2 Å². The van der Waals surface area contributed by atoms with Crippen LogP contribution in [0, 0.1) is 11.8 Å². The highest BCUT2D eigenvalue weighted by Gasteiger charge is 2.44. The van der Waals surface area contributed by atoms with Crippen LogP contribution in [0.15, 0.2) is 133 Å². The third-order valence-electron chi connectivity index (χ3n) is 20.7. The van der Waals surface area contributed by atoms with E-state index in [1.807, 2.05) is 6.92 Å². The molecular weight excluding hydrogens is 1610 g/mol. The minimum absolute atomic E-state index is 0.00983. The average molecular weight is 1720 g/mol. The predicted molar refractivity (Wildman–Crippen MR) is 452 cm³/mol. The number of aliphatic carboxylic acids is 2. The molecule has 662 valence electrons. The monoisotopic (exact) mass is 1720 g/mol. The van der Waals surface area contributed by atoms with Gasteiger partial charge >= 0.3 is 11.9 Å². The summed E-state index contributed by atoms with van der Waals surface area (Å²) in [6.07, 6.45) is -2.87. The van der Waals surface area contributed by atoms with Crippen LogP contribution in [0.25, 0.3) is 0 Å². The Morgan fingerprint density at radius 3 is 1.55 bits per heavy atom. The molecule has 5 aromatic carbocycles. The molecule has 15 amide bonds. The summed E-state index contributed by atoms with van der Waals surface area (Å²) in [5, 5.41) is 63.7. The molecule has 1 saturated heterocycles. The lowest BCUT2D eigenvalue weighted by molar-refractivity contribution is -0.145. The number of carbonyl (C=O) groups excluding carboxylic acids is 15. The summed E-state index contributed by atoms with van der Waals surface area (Å²) in [7, 11) is 5.04. The third-order valence-corrected chi connectivity index (χ3v) is 21.7. The van der Waals surface area contributed by atoms with E-state index in [4.69, 9.17) is 5.73 Å². The van der Waals surface area contributed by atoms with Crippen molar-refractivity contribution in [2.24, 2.45) is 17.6 Å². The zero-order valence-corrected chi connectivity index (χ0v) is 71.0. The second-order valence-electron chi connectivity index (χ2n) is 31.4. The van der Waals surface area contributed by atoms with Gasteiger partial charge in [0.1, 0.15) is 78.0 Å². The number of phenols is 2. The first-order chi connectivity index (χ1) is 58.3. The predicted octanol–water partition coefficient (Wildman–Crippen LogP) is 0.356. The van der Waals surface area contributed by atoms with Gasteiger partial charge in [-0.15, -0.1) is 11.8 Å². The number of primary amides is 1. The van der Waals surface area contributed by atoms with E-state index in [2.05, 4.69) is 47.9 Å². The quantitative estimate of drug-likeness (QED) is 0.0445. The number of aromatic hydroxyl groups is 2. The number of carboxylic acids is 2. The first-order valence-corrected chi connectivity index (χ1v) is 41.5. The number of nitrogens with one attached hydrogen (secondary N) is 9. The molecule has 2 aliphatic heterocycles. The van der Waals surface area contributed by atoms with Crippen LogP contribution in [0.5, 0.6) is 11.5 Å². The molecule has 2 heterocycles. The van der Waals surface area contributed by atoms with E-state index in [-0.39, 0.29) is 62.1 Å². The Labute approximate surface area is 716 Å². The molecule has 0 aromatic heterocycles. The number of phenolic OH excluding ortho intramolecular Hbond substituents is 2. The van der Waals surface area contributed by atoms with Crippen LogP contribution in [-0.2, 0) is 114 Å². The molecule has 0 saturated carbocycles. The van der Waals surface area contributed by atoms with Crippen molar-refractivity contribution in [2.75, 3.05) is 64.2 Å². The minimum atomic E-state index is -1.92. The van der Waals surface area contributed by atoms with Crippen LogP contribution in [0.1, 0.15) is 107 Å². The number of anilines is 1. The van der Waals surface area contributed by atoms with Gasteiger partial charge in [0.2, 0.25) is 82.7 Å². The van der Waals surface area contributed by atoms with Crippen molar-refractivity contribution >= 4 is 118 Å². The number of benzene rings is 5. The van der Waals surface area contributed by atoms with E-state index < -0.39 is 229 Å². The SMILES string of the molecule is CCCC[C@H]1C(=O)N(C)CC(=O)NC(CC(=O)O)C(=O)N[C@@H](C(C)C)C(=O)N(C)[C@@H](Cc2ccccc2)C(=O)N[C@@H](Cc2ccc(O)cc2)C(=O)N(C)CC(=O)N[C@@H](CCC(=O)O)C(=O)N[C@@H](Cc2ccc(O)cc2)C(=O)N[C@@H](CC(C)C)C(=O)N[C@H](C(=O)NCC(N)=O)CSCC(=O)N[C@@H](Cc2ccccc2)C(=O)N(C)[C@H]2Cc3cccc(c3)N1C2=O. The Bertz CT molecular complexity index is 4600. The Kier molecular flexibility index (Phi) is 36.9. The van der Waals surface area contributed by atoms with Crippen LogP contribution in [-0.4, -0.2) is 266 Å². The van der Waals surface area contributed by atoms with Crippen LogP contribution in [0.4, 0.5) is 5.69 Å². The van der Waals surface area contributed by atoms with Crippen molar-refractivity contribution in [3.8, 4) is 11.5 Å². The molecule has 5 aromatic rings. The van der Waals surface area contributed by atoms with Gasteiger partial charge in [-0.25, -0.2) is 0 Å². The number of hydrogen-bond donors (Lipinski definition) is 14. The Morgan fingerprint density at radius 1 is 0.496 bits per heavy atom. The van der Waals surface area contributed by atoms with Gasteiger partial charge in [-0.3, -0.25) is 86.4 Å². The molecule has 4 bridgehead atoms. The number of carboxylic acid groups (broad SMARTS) is 2. The van der Waals surface area contributed by atoms with Crippen molar-refractivity contribution in [1.29, 1.82) is 0 Å². The lowest BCUT2D eigenvalue weighted by Gasteiger charge is -2.37. The van der Waals surface area contributed by atoms with Crippen molar-refractivity contribution in [3.05, 3.63) is 161 Å². The Morgan fingerprint density at radius 2 is 1.00 bits per heavy atom. The second kappa shape index (κ2) is 46.7. The van der Waals surface area contributed by atoms with Gasteiger partial charge in [-0.2, -0.15) is 0 Å². The number of likely N-dealkylation sites (N-methyl/N-ethyl adjacent to an activating group) is 4. The molecule has 11 atom stereocenters. The largest absolute Gasteiger partial charge is 0.508 e. The molecular formula is C86H111N15O21S. The molecule has 1 fully saturated rings. The summed E-state index contributed by atoms with van der Waals surface area (Å²) in [4.78, 5) is 250. The zero-order valence-electron chi connectivity index (χ0n) is 70.2. The van der Waals surface area contributed by atoms with Gasteiger partial charge in [-0.05, 0) is 95.3 Å². The molecule has 15 N–H and O–H groups in total. The van der Waals surface area contributed by atoms with Gasteiger partial charge in [-0.1, -0.05) is 145 Å². The lowest BCUT2D eigenvalue weighted by atomic mass is 9.98. The highest BCUT2D eigenvalue weighted by Crippen LogP contribution is 2.31. The minimum Gasteiger partial charge on any atom is -0.508 e. The lowest BCUT2D eigenvalue weighted by Crippen LogP contribution is -2.61. The van der Waals surface area contributed by atoms with Gasteiger partial charge in [0.05, 0.1) is 31.8 Å². The van der Waals surface area contributed by atoms with Crippen molar-refractivity contribution in [1.82, 2.24) is 67.5 Å². The fourth-order valence-electron chi connectivity index (χ4n) is 14.1. The normalized spacial score (nSPS) is 22.6. The van der Waals surface area contributed by atoms with Crippen LogP contribution >= 0.6 is 11.8 Å². The summed E-state index contributed by atoms with van der Waals surface area (Å²) < 4.78 is 0. The van der Waals surface area contributed by atoms with Crippen LogP contribution < -0.4 is 58.5 Å². The number of thioether (sulfide) groups is 1. The maximum absolute atomic E-state index is 15.6. The fourth-order valence-corrected chi connectivity index (χ4v) is 14.9. The molecule has 123 heavy (non-hydrogen) atoms. The number of rotatable bonds is 22. The highest BCUT2D eigenvalue weighted by atomic mass is 32.2. The third kappa shape index (κ3) is 29.7. The fraction of sp³-hybridized carbons (Fsp3) is 0.453. The van der Waals surface area contributed by atoms with E-state index in [0.717, 1.165) is 31.4 Å². The summed E-state index contributed by atoms with van der Waals surface area (Å²) in [6, 6.07) is 17.0. The number of nitrogens with two attached hydrogens (primary N) is 1. The maximum Gasteiger partial charge on any atom is 0.305 e. The van der Waals surface area contributed by atoms with Crippen LogP contribution in [0.3, 0.4) is 0 Å². The zero-order chi connectivity index (χ0) is 90.5. The van der Waals surface area contributed by atoms with E-state index in [1.165, 1.54) is 81.6 Å². The van der Waals surface area contributed by atoms with Crippen molar-refractivity contribution in [2.45, 2.75) is 178 Å². The first kappa shape index (κ1) is 97.2. The first-order valence-electron chi connectivity index (χ1n) is 40.4.